The van der Waals surface area contributed by atoms with Crippen molar-refractivity contribution in [2.24, 2.45) is 5.73 Å². The number of piperidine rings is 2. The molecule has 2 rings (SSSR count). The summed E-state index contributed by atoms with van der Waals surface area (Å²) in [6, 6.07) is 0.276. The van der Waals surface area contributed by atoms with Gasteiger partial charge in [-0.3, -0.25) is 14.4 Å². The molecule has 0 aromatic heterocycles. The van der Waals surface area contributed by atoms with E-state index in [1.54, 1.807) is 19.1 Å². The number of nitrogens with one attached hydrogen (secondary N) is 1. The highest BCUT2D eigenvalue weighted by molar-refractivity contribution is 5.78. The molecule has 2 saturated heterocycles. The molecule has 0 atom stereocenters. The summed E-state index contributed by atoms with van der Waals surface area (Å²) in [6.45, 7) is 12.3. The van der Waals surface area contributed by atoms with Crippen LogP contribution < -0.4 is 11.1 Å². The number of alkyl halides is 3. The van der Waals surface area contributed by atoms with Gasteiger partial charge in [-0.2, -0.15) is 13.2 Å². The van der Waals surface area contributed by atoms with Crippen LogP contribution in [0.5, 0.6) is 0 Å². The Balaban J connectivity index is 0.000000835. The van der Waals surface area contributed by atoms with Crippen molar-refractivity contribution in [1.29, 1.82) is 0 Å². The van der Waals surface area contributed by atoms with Gasteiger partial charge < -0.3 is 54.0 Å². The van der Waals surface area contributed by atoms with Gasteiger partial charge in [0, 0.05) is 52.5 Å². The summed E-state index contributed by atoms with van der Waals surface area (Å²) >= 11 is 0. The topological polar surface area (TPSA) is 177 Å². The van der Waals surface area contributed by atoms with Crippen LogP contribution >= 0.6 is 0 Å². The van der Waals surface area contributed by atoms with Gasteiger partial charge in [0.05, 0.1) is 52.9 Å². The van der Waals surface area contributed by atoms with Crippen molar-refractivity contribution >= 4 is 24.2 Å². The zero-order valence-electron chi connectivity index (χ0n) is 29.6. The van der Waals surface area contributed by atoms with Crippen molar-refractivity contribution < 1.29 is 65.5 Å². The maximum atomic E-state index is 12.1. The van der Waals surface area contributed by atoms with E-state index in [-0.39, 0.29) is 37.1 Å². The van der Waals surface area contributed by atoms with E-state index in [4.69, 9.17) is 43.7 Å². The van der Waals surface area contributed by atoms with Crippen molar-refractivity contribution in [2.45, 2.75) is 70.3 Å². The van der Waals surface area contributed by atoms with Crippen molar-refractivity contribution in [3.05, 3.63) is 0 Å². The standard InChI is InChI=1S/C17H32N2O6.C12H24N2O4.C2HF3O/c1-17(2,3)25-16(21)18-14-5-7-19(8-6-14)15(20)13-24-12-11-23-10-9-22-4;1-16-6-7-17-8-9-18-10-12(15)14-4-2-11(13)3-5-14;3-2(4,5)1-6/h14H,5-13H2,1-4H3,(H,18,21);11H,2-10,13H2,1H3;1H. The first-order valence-corrected chi connectivity index (χ1v) is 16.2. The number of rotatable bonds is 17. The lowest BCUT2D eigenvalue weighted by molar-refractivity contribution is -0.156. The summed E-state index contributed by atoms with van der Waals surface area (Å²) < 4.78 is 67.3. The molecular formula is C31H57F3N4O11. The third kappa shape index (κ3) is 27.9. The molecule has 288 valence electrons. The number of halogens is 3. The number of aldehydes is 1. The Kier molecular flexibility index (Phi) is 25.7. The normalized spacial score (nSPS) is 15.8. The number of alkyl carbamates (subject to hydrolysis) is 1. The summed E-state index contributed by atoms with van der Waals surface area (Å²) in [4.78, 5) is 47.9. The average Bonchev–Trinajstić information content (AvgIpc) is 3.03. The van der Waals surface area contributed by atoms with Gasteiger partial charge in [-0.1, -0.05) is 0 Å². The lowest BCUT2D eigenvalue weighted by Crippen LogP contribution is -2.48. The Labute approximate surface area is 287 Å². The van der Waals surface area contributed by atoms with E-state index in [0.29, 0.717) is 78.8 Å². The number of hydrogen-bond donors (Lipinski definition) is 2. The van der Waals surface area contributed by atoms with E-state index >= 15 is 0 Å². The Morgan fingerprint density at radius 1 is 0.714 bits per heavy atom. The second-order valence-corrected chi connectivity index (χ2v) is 12.0. The smallest absolute Gasteiger partial charge is 0.444 e. The number of hydrogen-bond acceptors (Lipinski definition) is 12. The highest BCUT2D eigenvalue weighted by Gasteiger charge is 2.26. The number of nitrogens with zero attached hydrogens (tertiary/aromatic N) is 2. The summed E-state index contributed by atoms with van der Waals surface area (Å²) in [5, 5.41) is 2.85. The summed E-state index contributed by atoms with van der Waals surface area (Å²) in [5.74, 6) is 0.00593. The zero-order valence-corrected chi connectivity index (χ0v) is 29.6. The van der Waals surface area contributed by atoms with Crippen LogP contribution in [-0.2, 0) is 47.5 Å². The van der Waals surface area contributed by atoms with Gasteiger partial charge in [0.15, 0.2) is 0 Å². The first-order valence-electron chi connectivity index (χ1n) is 16.2. The van der Waals surface area contributed by atoms with E-state index in [2.05, 4.69) is 5.32 Å². The van der Waals surface area contributed by atoms with Crippen LogP contribution in [0, 0.1) is 0 Å². The Morgan fingerprint density at radius 3 is 1.45 bits per heavy atom. The van der Waals surface area contributed by atoms with Crippen molar-refractivity contribution in [1.82, 2.24) is 15.1 Å². The predicted molar refractivity (Wildman–Crippen MR) is 172 cm³/mol. The van der Waals surface area contributed by atoms with Gasteiger partial charge in [0.1, 0.15) is 18.8 Å². The van der Waals surface area contributed by atoms with Gasteiger partial charge in [-0.25, -0.2) is 4.79 Å². The average molecular weight is 719 g/mol. The lowest BCUT2D eigenvalue weighted by atomic mass is 10.1. The van der Waals surface area contributed by atoms with E-state index in [1.165, 1.54) is 0 Å². The van der Waals surface area contributed by atoms with Crippen LogP contribution in [0.4, 0.5) is 18.0 Å². The van der Waals surface area contributed by atoms with Crippen LogP contribution in [0.1, 0.15) is 46.5 Å². The number of likely N-dealkylation sites (tertiary alicyclic amines) is 2. The lowest BCUT2D eigenvalue weighted by Gasteiger charge is -2.32. The number of methoxy groups -OCH3 is 2. The summed E-state index contributed by atoms with van der Waals surface area (Å²) in [5.41, 5.74) is 5.27. The minimum atomic E-state index is -4.64. The molecule has 3 amide bonds. The first kappa shape index (κ1) is 46.4. The van der Waals surface area contributed by atoms with Crippen LogP contribution in [0.2, 0.25) is 0 Å². The van der Waals surface area contributed by atoms with E-state index in [9.17, 15) is 27.6 Å². The SMILES string of the molecule is COCCOCCOCC(=O)N1CCC(N)CC1.COCCOCCOCC(=O)N1CCC(NC(=O)OC(C)(C)C)CC1.O=CC(F)(F)F. The molecule has 18 heteroatoms. The van der Waals surface area contributed by atoms with Gasteiger partial charge >= 0.3 is 12.3 Å². The molecular weight excluding hydrogens is 661 g/mol. The van der Waals surface area contributed by atoms with E-state index in [1.807, 2.05) is 25.7 Å². The highest BCUT2D eigenvalue weighted by Crippen LogP contribution is 2.13. The molecule has 2 fully saturated rings. The zero-order chi connectivity index (χ0) is 37.1. The molecule has 2 heterocycles. The van der Waals surface area contributed by atoms with Crippen molar-refractivity contribution in [3.63, 3.8) is 0 Å². The molecule has 0 radical (unpaired) electrons. The molecule has 0 bridgehead atoms. The second-order valence-electron chi connectivity index (χ2n) is 12.0. The third-order valence-electron chi connectivity index (χ3n) is 6.65. The van der Waals surface area contributed by atoms with Crippen LogP contribution in [0.3, 0.4) is 0 Å². The largest absolute Gasteiger partial charge is 0.446 e. The molecule has 3 N–H and O–H groups in total. The number of ether oxygens (including phenoxy) is 7. The molecule has 15 nitrogen and oxygen atoms in total. The van der Waals surface area contributed by atoms with Crippen LogP contribution in [0.15, 0.2) is 0 Å². The molecule has 2 aliphatic rings. The van der Waals surface area contributed by atoms with Gasteiger partial charge in [-0.05, 0) is 46.5 Å². The minimum absolute atomic E-state index is 0.0346. The highest BCUT2D eigenvalue weighted by atomic mass is 19.4. The Hall–Kier alpha value is -2.61. The van der Waals surface area contributed by atoms with Gasteiger partial charge in [0.25, 0.3) is 0 Å². The number of carbonyl (C=O) groups is 4. The van der Waals surface area contributed by atoms with Crippen molar-refractivity contribution in [2.75, 3.05) is 106 Å². The fraction of sp³-hybridized carbons (Fsp3) is 0.871. The number of amides is 3. The molecule has 0 aliphatic carbocycles. The van der Waals surface area contributed by atoms with E-state index in [0.717, 1.165) is 25.9 Å². The molecule has 0 spiro atoms. The fourth-order valence-corrected chi connectivity index (χ4v) is 4.12. The maximum absolute atomic E-state index is 12.1. The maximum Gasteiger partial charge on any atom is 0.446 e. The number of carbonyl (C=O) groups excluding carboxylic acids is 4. The molecule has 0 aromatic rings. The first-order chi connectivity index (χ1) is 23.1. The summed E-state index contributed by atoms with van der Waals surface area (Å²) in [7, 11) is 3.24. The van der Waals surface area contributed by atoms with Crippen molar-refractivity contribution in [3.8, 4) is 0 Å². The molecule has 0 aromatic carbocycles. The molecule has 49 heavy (non-hydrogen) atoms. The summed E-state index contributed by atoms with van der Waals surface area (Å²) in [6.07, 6.45) is -2.92. The second kappa shape index (κ2) is 27.2. The monoisotopic (exact) mass is 718 g/mol. The molecule has 0 saturated carbocycles. The molecule has 0 unspecified atom stereocenters. The minimum Gasteiger partial charge on any atom is -0.444 e. The fourth-order valence-electron chi connectivity index (χ4n) is 4.12. The predicted octanol–water partition coefficient (Wildman–Crippen LogP) is 1.55. The van der Waals surface area contributed by atoms with Gasteiger partial charge in [0.2, 0.25) is 18.1 Å². The third-order valence-corrected chi connectivity index (χ3v) is 6.65. The van der Waals surface area contributed by atoms with Crippen LogP contribution in [-0.4, -0.2) is 164 Å². The number of nitrogens with two attached hydrogens (primary N) is 1. The van der Waals surface area contributed by atoms with Crippen LogP contribution in [0.25, 0.3) is 0 Å². The quantitative estimate of drug-likeness (QED) is 0.164. The Morgan fingerprint density at radius 2 is 1.08 bits per heavy atom. The Bertz CT molecular complexity index is 895. The molecule has 2 aliphatic heterocycles. The van der Waals surface area contributed by atoms with Gasteiger partial charge in [-0.15, -0.1) is 0 Å². The van der Waals surface area contributed by atoms with E-state index < -0.39 is 24.2 Å².